The molecule has 0 amide bonds. The molecule has 0 bridgehead atoms. The Balaban J connectivity index is 1.37. The van der Waals surface area contributed by atoms with Crippen molar-refractivity contribution in [1.82, 2.24) is 15.0 Å². The number of thiophene rings is 1. The molecule has 180 valence electrons. The Morgan fingerprint density at radius 2 is 1.26 bits per heavy atom. The lowest BCUT2D eigenvalue weighted by Crippen LogP contribution is -2.30. The van der Waals surface area contributed by atoms with Gasteiger partial charge in [0.2, 0.25) is 5.95 Å². The predicted molar refractivity (Wildman–Crippen MR) is 157 cm³/mol. The van der Waals surface area contributed by atoms with Gasteiger partial charge in [-0.25, -0.2) is 4.98 Å². The van der Waals surface area contributed by atoms with Crippen LogP contribution in [0.3, 0.4) is 0 Å². The van der Waals surface area contributed by atoms with Gasteiger partial charge < -0.3 is 4.90 Å². The molecule has 0 N–H and O–H groups in total. The minimum atomic E-state index is 0.104. The first kappa shape index (κ1) is 21.5. The van der Waals surface area contributed by atoms with Crippen molar-refractivity contribution in [2.75, 3.05) is 4.90 Å². The van der Waals surface area contributed by atoms with E-state index in [0.717, 1.165) is 11.1 Å². The molecular weight excluding hydrogens is 484 g/mol. The highest BCUT2D eigenvalue weighted by Gasteiger charge is 2.39. The lowest BCUT2D eigenvalue weighted by Gasteiger charge is -2.27. The summed E-state index contributed by atoms with van der Waals surface area (Å²) >= 11 is 1.84. The third-order valence-corrected chi connectivity index (χ3v) is 8.59. The van der Waals surface area contributed by atoms with E-state index < -0.39 is 0 Å². The first-order valence-corrected chi connectivity index (χ1v) is 13.6. The Bertz CT molecular complexity index is 1830. The average Bonchev–Trinajstić information content (AvgIpc) is 3.51. The number of hydrogen-bond acceptors (Lipinski definition) is 5. The van der Waals surface area contributed by atoms with Crippen LogP contribution in [0, 0.1) is 0 Å². The van der Waals surface area contributed by atoms with Crippen molar-refractivity contribution >= 4 is 43.1 Å². The van der Waals surface area contributed by atoms with Gasteiger partial charge in [0.1, 0.15) is 0 Å². The Morgan fingerprint density at radius 3 is 2.00 bits per heavy atom. The van der Waals surface area contributed by atoms with Crippen molar-refractivity contribution in [2.45, 2.75) is 12.0 Å². The molecule has 4 nitrogen and oxygen atoms in total. The summed E-state index contributed by atoms with van der Waals surface area (Å²) in [6, 6.07) is 33.8. The van der Waals surface area contributed by atoms with E-state index in [0.29, 0.717) is 17.6 Å². The zero-order valence-electron chi connectivity index (χ0n) is 20.4. The van der Waals surface area contributed by atoms with Crippen LogP contribution in [0.4, 0.5) is 11.6 Å². The number of nitrogens with zero attached hydrogens (tertiary/aromatic N) is 4. The van der Waals surface area contributed by atoms with Gasteiger partial charge in [0.15, 0.2) is 11.6 Å². The highest BCUT2D eigenvalue weighted by Crippen LogP contribution is 2.50. The predicted octanol–water partition coefficient (Wildman–Crippen LogP) is 8.30. The molecule has 0 radical (unpaired) electrons. The minimum Gasteiger partial charge on any atom is -0.302 e. The second kappa shape index (κ2) is 8.47. The summed E-state index contributed by atoms with van der Waals surface area (Å²) in [5.41, 5.74) is 4.43. The van der Waals surface area contributed by atoms with E-state index in [1.807, 2.05) is 47.7 Å². The van der Waals surface area contributed by atoms with Crippen LogP contribution in [0.25, 0.3) is 42.9 Å². The number of benzene rings is 4. The maximum Gasteiger partial charge on any atom is 0.234 e. The number of rotatable bonds is 3. The third-order valence-electron chi connectivity index (χ3n) is 7.45. The normalized spacial score (nSPS) is 17.7. The lowest BCUT2D eigenvalue weighted by atomic mass is 9.91. The summed E-state index contributed by atoms with van der Waals surface area (Å²) in [4.78, 5) is 17.4. The Morgan fingerprint density at radius 1 is 0.605 bits per heavy atom. The molecule has 8 rings (SSSR count). The van der Waals surface area contributed by atoms with Crippen LogP contribution in [-0.4, -0.2) is 21.0 Å². The first-order valence-electron chi connectivity index (χ1n) is 12.8. The number of aromatic nitrogens is 3. The van der Waals surface area contributed by atoms with Gasteiger partial charge in [-0.2, -0.15) is 9.97 Å². The van der Waals surface area contributed by atoms with Gasteiger partial charge in [0, 0.05) is 42.9 Å². The maximum absolute atomic E-state index is 5.07. The van der Waals surface area contributed by atoms with Gasteiger partial charge in [-0.05, 0) is 23.8 Å². The number of fused-ring (bicyclic) bond motifs is 6. The van der Waals surface area contributed by atoms with Crippen LogP contribution < -0.4 is 4.90 Å². The average molecular weight is 507 g/mol. The smallest absolute Gasteiger partial charge is 0.234 e. The number of anilines is 2. The van der Waals surface area contributed by atoms with Gasteiger partial charge in [-0.1, -0.05) is 103 Å². The molecule has 1 aliphatic carbocycles. The van der Waals surface area contributed by atoms with E-state index in [2.05, 4.69) is 89.9 Å². The van der Waals surface area contributed by atoms with E-state index >= 15 is 0 Å². The van der Waals surface area contributed by atoms with Crippen LogP contribution in [0.15, 0.2) is 121 Å². The summed E-state index contributed by atoms with van der Waals surface area (Å²) in [5.74, 6) is 2.26. The summed E-state index contributed by atoms with van der Waals surface area (Å²) in [7, 11) is 0. The van der Waals surface area contributed by atoms with Gasteiger partial charge in [0.25, 0.3) is 0 Å². The zero-order chi connectivity index (χ0) is 25.1. The molecule has 0 fully saturated rings. The Hall–Kier alpha value is -4.61. The molecule has 0 saturated heterocycles. The molecule has 1 aliphatic heterocycles. The fraction of sp³-hybridized carbons (Fsp3) is 0.0606. The molecule has 2 atom stereocenters. The van der Waals surface area contributed by atoms with E-state index in [1.54, 1.807) is 0 Å². The first-order chi connectivity index (χ1) is 18.8. The van der Waals surface area contributed by atoms with Gasteiger partial charge in [-0.15, -0.1) is 11.3 Å². The van der Waals surface area contributed by atoms with Crippen LogP contribution >= 0.6 is 11.3 Å². The summed E-state index contributed by atoms with van der Waals surface area (Å²) in [5, 5.41) is 2.64. The number of hydrogen-bond donors (Lipinski definition) is 0. The molecule has 2 unspecified atom stereocenters. The maximum atomic E-state index is 5.07. The SMILES string of the molecule is C1=CC2c3cc4c(cc3N(c3nc(-c5ccccc5)nc(-c5ccccc5)n3)C2C=C1)sc1ccccc14. The second-order valence-electron chi connectivity index (χ2n) is 9.68. The molecule has 5 heteroatoms. The molecule has 2 aromatic heterocycles. The quantitative estimate of drug-likeness (QED) is 0.242. The zero-order valence-corrected chi connectivity index (χ0v) is 21.2. The minimum absolute atomic E-state index is 0.104. The molecule has 2 aliphatic rings. The fourth-order valence-corrected chi connectivity index (χ4v) is 6.81. The van der Waals surface area contributed by atoms with Crippen LogP contribution in [0.5, 0.6) is 0 Å². The van der Waals surface area contributed by atoms with Crippen LogP contribution in [-0.2, 0) is 0 Å². The van der Waals surface area contributed by atoms with Crippen LogP contribution in [0.2, 0.25) is 0 Å². The topological polar surface area (TPSA) is 41.9 Å². The summed E-state index contributed by atoms with van der Waals surface area (Å²) in [6.45, 7) is 0. The molecule has 6 aromatic rings. The van der Waals surface area contributed by atoms with Crippen molar-refractivity contribution in [1.29, 1.82) is 0 Å². The molecular formula is C33H22N4S. The summed E-state index contributed by atoms with van der Waals surface area (Å²) < 4.78 is 2.59. The van der Waals surface area contributed by atoms with E-state index in [-0.39, 0.29) is 12.0 Å². The van der Waals surface area contributed by atoms with Crippen molar-refractivity contribution in [3.05, 3.63) is 127 Å². The van der Waals surface area contributed by atoms with Crippen molar-refractivity contribution in [3.8, 4) is 22.8 Å². The standard InChI is InChI=1S/C33H22N4S/c1-3-11-21(12-4-1)31-34-32(22-13-5-2-6-14-22)36-33(35-31)37-27-17-9-7-15-23(27)25-19-26-24-16-8-10-18-29(24)38-30(26)20-28(25)37/h1-20,23,27H. The molecule has 4 aromatic carbocycles. The third kappa shape index (κ3) is 3.32. The summed E-state index contributed by atoms with van der Waals surface area (Å²) in [6.07, 6.45) is 8.87. The van der Waals surface area contributed by atoms with Crippen LogP contribution in [0.1, 0.15) is 11.5 Å². The number of allylic oxidation sites excluding steroid dienone is 2. The van der Waals surface area contributed by atoms with Gasteiger partial charge in [-0.3, -0.25) is 0 Å². The lowest BCUT2D eigenvalue weighted by molar-refractivity contribution is 0.728. The Kier molecular flexibility index (Phi) is 4.79. The Labute approximate surface area is 224 Å². The molecule has 0 spiro atoms. The molecule has 3 heterocycles. The largest absolute Gasteiger partial charge is 0.302 e. The molecule has 0 saturated carbocycles. The fourth-order valence-electron chi connectivity index (χ4n) is 5.69. The monoisotopic (exact) mass is 506 g/mol. The van der Waals surface area contributed by atoms with Crippen molar-refractivity contribution in [3.63, 3.8) is 0 Å². The molecule has 38 heavy (non-hydrogen) atoms. The van der Waals surface area contributed by atoms with Gasteiger partial charge >= 0.3 is 0 Å². The van der Waals surface area contributed by atoms with E-state index in [9.17, 15) is 0 Å². The highest BCUT2D eigenvalue weighted by atomic mass is 32.1. The van der Waals surface area contributed by atoms with Gasteiger partial charge in [0.05, 0.1) is 6.04 Å². The second-order valence-corrected chi connectivity index (χ2v) is 10.8. The van der Waals surface area contributed by atoms with E-state index in [4.69, 9.17) is 15.0 Å². The van der Waals surface area contributed by atoms with Crippen molar-refractivity contribution < 1.29 is 0 Å². The van der Waals surface area contributed by atoms with E-state index in [1.165, 1.54) is 31.4 Å². The highest BCUT2D eigenvalue weighted by molar-refractivity contribution is 7.25. The van der Waals surface area contributed by atoms with Crippen molar-refractivity contribution in [2.24, 2.45) is 0 Å².